The molecule has 0 saturated carbocycles. The zero-order valence-electron chi connectivity index (χ0n) is 11.8. The van der Waals surface area contributed by atoms with Gasteiger partial charge < -0.3 is 9.47 Å². The summed E-state index contributed by atoms with van der Waals surface area (Å²) in [7, 11) is 0. The van der Waals surface area contributed by atoms with E-state index in [0.717, 1.165) is 12.8 Å². The third kappa shape index (κ3) is 8.32. The molecule has 106 valence electrons. The Morgan fingerprint density at radius 2 is 2.21 bits per heavy atom. The number of ether oxygens (including phenoxy) is 2. The normalized spacial score (nSPS) is 10.7. The van der Waals surface area contributed by atoms with Crippen LogP contribution in [0.3, 0.4) is 0 Å². The van der Waals surface area contributed by atoms with Crippen LogP contribution in [0.4, 0.5) is 0 Å². The molecule has 1 aromatic rings. The third-order valence-electron chi connectivity index (χ3n) is 2.50. The number of hydrogen-bond acceptors (Lipinski definition) is 4. The Labute approximate surface area is 115 Å². The molecular formula is C15H23NO3. The second-order valence-electron chi connectivity index (χ2n) is 4.90. The lowest BCUT2D eigenvalue weighted by atomic mass is 10.2. The van der Waals surface area contributed by atoms with E-state index in [1.807, 2.05) is 18.3 Å². The number of esters is 1. The molecule has 4 heteroatoms. The number of carbonyl (C=O) groups excluding carboxylic acids is 1. The van der Waals surface area contributed by atoms with Gasteiger partial charge in [-0.05, 0) is 30.4 Å². The minimum atomic E-state index is -0.185. The van der Waals surface area contributed by atoms with Gasteiger partial charge in [-0.15, -0.1) is 0 Å². The minimum absolute atomic E-state index is 0.185. The summed E-state index contributed by atoms with van der Waals surface area (Å²) in [6.07, 6.45) is 5.62. The molecule has 4 nitrogen and oxygen atoms in total. The Kier molecular flexibility index (Phi) is 7.82. The molecule has 0 N–H and O–H groups in total. The maximum Gasteiger partial charge on any atom is 0.308 e. The quantitative estimate of drug-likeness (QED) is 0.508. The van der Waals surface area contributed by atoms with Gasteiger partial charge in [0, 0.05) is 19.0 Å². The van der Waals surface area contributed by atoms with Gasteiger partial charge in [0.2, 0.25) is 0 Å². The van der Waals surface area contributed by atoms with E-state index < -0.39 is 0 Å². The van der Waals surface area contributed by atoms with Crippen molar-refractivity contribution < 1.29 is 14.3 Å². The summed E-state index contributed by atoms with van der Waals surface area (Å²) in [5.41, 5.74) is 1.17. The van der Waals surface area contributed by atoms with Crippen LogP contribution < -0.4 is 0 Å². The average Bonchev–Trinajstić information content (AvgIpc) is 2.41. The fourth-order valence-corrected chi connectivity index (χ4v) is 1.56. The fourth-order valence-electron chi connectivity index (χ4n) is 1.56. The first-order chi connectivity index (χ1) is 9.18. The first-order valence-corrected chi connectivity index (χ1v) is 6.80. The molecule has 0 amide bonds. The first-order valence-electron chi connectivity index (χ1n) is 6.80. The van der Waals surface area contributed by atoms with E-state index in [0.29, 0.717) is 32.2 Å². The number of rotatable bonds is 9. The topological polar surface area (TPSA) is 48.4 Å². The second kappa shape index (κ2) is 9.50. The lowest BCUT2D eigenvalue weighted by Crippen LogP contribution is -2.11. The molecule has 0 aliphatic heterocycles. The standard InChI is InChI=1S/C15H23NO3/c1-13(2)12-18-10-7-15(17)19-9-4-6-14-5-3-8-16-11-14/h3,5,8,11,13H,4,6-7,9-10,12H2,1-2H3. The van der Waals surface area contributed by atoms with Gasteiger partial charge in [-0.1, -0.05) is 19.9 Å². The van der Waals surface area contributed by atoms with E-state index in [4.69, 9.17) is 9.47 Å². The lowest BCUT2D eigenvalue weighted by Gasteiger charge is -2.07. The van der Waals surface area contributed by atoms with Crippen LogP contribution in [-0.2, 0) is 20.7 Å². The van der Waals surface area contributed by atoms with Gasteiger partial charge in [-0.25, -0.2) is 0 Å². The highest BCUT2D eigenvalue weighted by Crippen LogP contribution is 2.01. The van der Waals surface area contributed by atoms with E-state index in [-0.39, 0.29) is 5.97 Å². The molecule has 0 unspecified atom stereocenters. The Hall–Kier alpha value is -1.42. The molecule has 0 atom stereocenters. The van der Waals surface area contributed by atoms with Crippen molar-refractivity contribution in [3.63, 3.8) is 0 Å². The summed E-state index contributed by atoms with van der Waals surface area (Å²) in [5.74, 6) is 0.311. The van der Waals surface area contributed by atoms with Gasteiger partial charge in [0.1, 0.15) is 0 Å². The Balaban J connectivity index is 1.98. The van der Waals surface area contributed by atoms with Crippen LogP contribution in [0.2, 0.25) is 0 Å². The van der Waals surface area contributed by atoms with Crippen molar-refractivity contribution in [2.75, 3.05) is 19.8 Å². The van der Waals surface area contributed by atoms with E-state index >= 15 is 0 Å². The van der Waals surface area contributed by atoms with Gasteiger partial charge in [0.15, 0.2) is 0 Å². The molecular weight excluding hydrogens is 242 g/mol. The highest BCUT2D eigenvalue weighted by Gasteiger charge is 2.03. The van der Waals surface area contributed by atoms with Crippen LogP contribution >= 0.6 is 0 Å². The van der Waals surface area contributed by atoms with Crippen LogP contribution in [0, 0.1) is 5.92 Å². The Morgan fingerprint density at radius 1 is 1.37 bits per heavy atom. The minimum Gasteiger partial charge on any atom is -0.466 e. The van der Waals surface area contributed by atoms with Crippen molar-refractivity contribution in [2.24, 2.45) is 5.92 Å². The summed E-state index contributed by atoms with van der Waals surface area (Å²) in [5, 5.41) is 0. The zero-order chi connectivity index (χ0) is 13.9. The first kappa shape index (κ1) is 15.6. The van der Waals surface area contributed by atoms with Crippen molar-refractivity contribution >= 4 is 5.97 Å². The van der Waals surface area contributed by atoms with Gasteiger partial charge in [-0.3, -0.25) is 9.78 Å². The largest absolute Gasteiger partial charge is 0.466 e. The van der Waals surface area contributed by atoms with Crippen molar-refractivity contribution in [2.45, 2.75) is 33.1 Å². The van der Waals surface area contributed by atoms with Crippen LogP contribution in [-0.4, -0.2) is 30.8 Å². The molecule has 1 heterocycles. The maximum atomic E-state index is 11.4. The van der Waals surface area contributed by atoms with Crippen LogP contribution in [0.15, 0.2) is 24.5 Å². The number of nitrogens with zero attached hydrogens (tertiary/aromatic N) is 1. The number of aromatic nitrogens is 1. The Bertz CT molecular complexity index is 352. The molecule has 1 aromatic heterocycles. The van der Waals surface area contributed by atoms with Crippen LogP contribution in [0.5, 0.6) is 0 Å². The molecule has 0 fully saturated rings. The highest BCUT2D eigenvalue weighted by atomic mass is 16.5. The smallest absolute Gasteiger partial charge is 0.308 e. The van der Waals surface area contributed by atoms with E-state index in [1.165, 1.54) is 5.56 Å². The van der Waals surface area contributed by atoms with Crippen molar-refractivity contribution in [1.29, 1.82) is 0 Å². The van der Waals surface area contributed by atoms with Gasteiger partial charge >= 0.3 is 5.97 Å². The third-order valence-corrected chi connectivity index (χ3v) is 2.50. The molecule has 1 rings (SSSR count). The Morgan fingerprint density at radius 3 is 2.89 bits per heavy atom. The van der Waals surface area contributed by atoms with Crippen molar-refractivity contribution in [3.05, 3.63) is 30.1 Å². The van der Waals surface area contributed by atoms with Crippen molar-refractivity contribution in [1.82, 2.24) is 4.98 Å². The molecule has 0 aromatic carbocycles. The molecule has 19 heavy (non-hydrogen) atoms. The van der Waals surface area contributed by atoms with Gasteiger partial charge in [0.05, 0.1) is 19.6 Å². The molecule has 0 bridgehead atoms. The average molecular weight is 265 g/mol. The SMILES string of the molecule is CC(C)COCCC(=O)OCCCc1cccnc1. The van der Waals surface area contributed by atoms with Gasteiger partial charge in [0.25, 0.3) is 0 Å². The zero-order valence-corrected chi connectivity index (χ0v) is 11.8. The molecule has 0 spiro atoms. The molecule has 0 aliphatic carbocycles. The lowest BCUT2D eigenvalue weighted by molar-refractivity contribution is -0.145. The summed E-state index contributed by atoms with van der Waals surface area (Å²) in [4.78, 5) is 15.4. The van der Waals surface area contributed by atoms with Gasteiger partial charge in [-0.2, -0.15) is 0 Å². The summed E-state index contributed by atoms with van der Waals surface area (Å²) in [6.45, 7) is 5.75. The highest BCUT2D eigenvalue weighted by molar-refractivity contribution is 5.69. The predicted molar refractivity (Wildman–Crippen MR) is 73.8 cm³/mol. The predicted octanol–water partition coefficient (Wildman–Crippen LogP) is 2.62. The van der Waals surface area contributed by atoms with Crippen LogP contribution in [0.1, 0.15) is 32.3 Å². The van der Waals surface area contributed by atoms with E-state index in [2.05, 4.69) is 18.8 Å². The number of aryl methyl sites for hydroxylation is 1. The molecule has 0 radical (unpaired) electrons. The number of hydrogen-bond donors (Lipinski definition) is 0. The maximum absolute atomic E-state index is 11.4. The summed E-state index contributed by atoms with van der Waals surface area (Å²) < 4.78 is 10.5. The molecule has 0 aliphatic rings. The van der Waals surface area contributed by atoms with E-state index in [1.54, 1.807) is 6.20 Å². The van der Waals surface area contributed by atoms with Crippen LogP contribution in [0.25, 0.3) is 0 Å². The number of pyridine rings is 1. The monoisotopic (exact) mass is 265 g/mol. The fraction of sp³-hybridized carbons (Fsp3) is 0.600. The molecule has 0 saturated heterocycles. The summed E-state index contributed by atoms with van der Waals surface area (Å²) in [6, 6.07) is 3.93. The second-order valence-corrected chi connectivity index (χ2v) is 4.90. The van der Waals surface area contributed by atoms with Crippen molar-refractivity contribution in [3.8, 4) is 0 Å². The number of carbonyl (C=O) groups is 1. The van der Waals surface area contributed by atoms with E-state index in [9.17, 15) is 4.79 Å². The summed E-state index contributed by atoms with van der Waals surface area (Å²) >= 11 is 0.